The Morgan fingerprint density at radius 2 is 1.45 bits per heavy atom. The van der Waals surface area contributed by atoms with E-state index in [0.29, 0.717) is 22.5 Å². The number of aryl methyl sites for hydroxylation is 1. The molecular weight excluding hydrogens is 276 g/mol. The zero-order valence-corrected chi connectivity index (χ0v) is 11.9. The predicted octanol–water partition coefficient (Wildman–Crippen LogP) is 3.23. The summed E-state index contributed by atoms with van der Waals surface area (Å²) in [6.07, 6.45) is 0. The first-order valence-electron chi connectivity index (χ1n) is 7.02. The standard InChI is InChI=1S/C18H12N2O2/c1-11-15-16(20(19-11)12-7-3-2-4-8-12)13-9-5-6-10-14(13)17(21)18(15)22/h2-10H,1H3. The molecule has 0 aliphatic heterocycles. The Kier molecular flexibility index (Phi) is 2.60. The fourth-order valence-electron chi connectivity index (χ4n) is 2.93. The summed E-state index contributed by atoms with van der Waals surface area (Å²) in [7, 11) is 0. The van der Waals surface area contributed by atoms with E-state index in [4.69, 9.17) is 0 Å². The first-order chi connectivity index (χ1) is 10.7. The Bertz CT molecular complexity index is 924. The van der Waals surface area contributed by atoms with Crippen LogP contribution in [0.1, 0.15) is 26.4 Å². The van der Waals surface area contributed by atoms with Gasteiger partial charge in [-0.3, -0.25) is 9.59 Å². The maximum absolute atomic E-state index is 12.4. The van der Waals surface area contributed by atoms with Crippen LogP contribution in [0.4, 0.5) is 0 Å². The van der Waals surface area contributed by atoms with Gasteiger partial charge < -0.3 is 0 Å². The number of carbonyl (C=O) groups is 2. The van der Waals surface area contributed by atoms with Gasteiger partial charge in [-0.05, 0) is 19.1 Å². The molecule has 0 spiro atoms. The maximum atomic E-state index is 12.4. The third kappa shape index (κ3) is 1.61. The number of Topliss-reactive ketones (excluding diaryl/α,β-unsaturated/α-hetero) is 2. The predicted molar refractivity (Wildman–Crippen MR) is 82.4 cm³/mol. The number of benzene rings is 2. The van der Waals surface area contributed by atoms with Gasteiger partial charge in [0.15, 0.2) is 0 Å². The molecule has 0 atom stereocenters. The topological polar surface area (TPSA) is 52.0 Å². The van der Waals surface area contributed by atoms with Crippen molar-refractivity contribution in [2.24, 2.45) is 0 Å². The molecule has 106 valence electrons. The van der Waals surface area contributed by atoms with E-state index in [9.17, 15) is 9.59 Å². The summed E-state index contributed by atoms with van der Waals surface area (Å²) < 4.78 is 1.74. The van der Waals surface area contributed by atoms with E-state index in [1.807, 2.05) is 42.5 Å². The first kappa shape index (κ1) is 12.7. The molecule has 0 amide bonds. The molecule has 2 aromatic carbocycles. The minimum Gasteiger partial charge on any atom is -0.285 e. The molecule has 3 aromatic rings. The molecule has 1 aromatic heterocycles. The molecule has 0 radical (unpaired) electrons. The molecule has 0 N–H and O–H groups in total. The highest BCUT2D eigenvalue weighted by Crippen LogP contribution is 2.36. The van der Waals surface area contributed by atoms with Crippen LogP contribution in [-0.2, 0) is 0 Å². The van der Waals surface area contributed by atoms with Gasteiger partial charge in [-0.25, -0.2) is 4.68 Å². The SMILES string of the molecule is Cc1nn(-c2ccccc2)c2c1C(=O)C(=O)c1ccccc1-2. The van der Waals surface area contributed by atoms with Crippen LogP contribution in [0, 0.1) is 6.92 Å². The summed E-state index contributed by atoms with van der Waals surface area (Å²) in [6, 6.07) is 16.8. The Hall–Kier alpha value is -3.01. The third-order valence-corrected chi connectivity index (χ3v) is 3.92. The van der Waals surface area contributed by atoms with Gasteiger partial charge in [-0.1, -0.05) is 42.5 Å². The zero-order valence-electron chi connectivity index (χ0n) is 11.9. The lowest BCUT2D eigenvalue weighted by Gasteiger charge is -2.16. The molecule has 1 aliphatic rings. The molecule has 0 bridgehead atoms. The molecule has 0 fully saturated rings. The molecule has 0 saturated carbocycles. The second kappa shape index (κ2) is 4.49. The van der Waals surface area contributed by atoms with E-state index >= 15 is 0 Å². The summed E-state index contributed by atoms with van der Waals surface area (Å²) in [5, 5.41) is 4.49. The van der Waals surface area contributed by atoms with Crippen LogP contribution in [0.5, 0.6) is 0 Å². The van der Waals surface area contributed by atoms with Gasteiger partial charge in [-0.15, -0.1) is 0 Å². The van der Waals surface area contributed by atoms with Crippen LogP contribution in [0.25, 0.3) is 16.9 Å². The number of hydrogen-bond acceptors (Lipinski definition) is 3. The summed E-state index contributed by atoms with van der Waals surface area (Å²) in [4.78, 5) is 24.7. The minimum absolute atomic E-state index is 0.410. The van der Waals surface area contributed by atoms with Crippen LogP contribution < -0.4 is 0 Å². The first-order valence-corrected chi connectivity index (χ1v) is 7.02. The van der Waals surface area contributed by atoms with Gasteiger partial charge in [0.05, 0.1) is 22.6 Å². The molecule has 4 heteroatoms. The van der Waals surface area contributed by atoms with Gasteiger partial charge in [0.2, 0.25) is 11.6 Å². The van der Waals surface area contributed by atoms with Crippen LogP contribution in [0.15, 0.2) is 54.6 Å². The number of nitrogens with zero attached hydrogens (tertiary/aromatic N) is 2. The van der Waals surface area contributed by atoms with Crippen molar-refractivity contribution in [2.75, 3.05) is 0 Å². The van der Waals surface area contributed by atoms with Gasteiger partial charge in [-0.2, -0.15) is 5.10 Å². The van der Waals surface area contributed by atoms with Crippen LogP contribution in [0.3, 0.4) is 0 Å². The Morgan fingerprint density at radius 1 is 0.818 bits per heavy atom. The highest BCUT2D eigenvalue weighted by Gasteiger charge is 2.35. The maximum Gasteiger partial charge on any atom is 0.237 e. The highest BCUT2D eigenvalue weighted by molar-refractivity contribution is 6.53. The third-order valence-electron chi connectivity index (χ3n) is 3.92. The molecule has 0 unspecified atom stereocenters. The van der Waals surface area contributed by atoms with E-state index in [-0.39, 0.29) is 0 Å². The van der Waals surface area contributed by atoms with Crippen molar-refractivity contribution in [1.82, 2.24) is 9.78 Å². The molecule has 1 aliphatic carbocycles. The van der Waals surface area contributed by atoms with E-state index < -0.39 is 11.6 Å². The smallest absolute Gasteiger partial charge is 0.237 e. The average Bonchev–Trinajstić information content (AvgIpc) is 2.91. The Balaban J connectivity index is 2.10. The monoisotopic (exact) mass is 288 g/mol. The summed E-state index contributed by atoms with van der Waals surface area (Å²) in [5.41, 5.74) is 3.75. The van der Waals surface area contributed by atoms with Gasteiger partial charge in [0.25, 0.3) is 0 Å². The van der Waals surface area contributed by atoms with Crippen molar-refractivity contribution >= 4 is 11.6 Å². The zero-order chi connectivity index (χ0) is 15.3. The van der Waals surface area contributed by atoms with Gasteiger partial charge >= 0.3 is 0 Å². The lowest BCUT2D eigenvalue weighted by molar-refractivity contribution is 0.0815. The Labute approximate surface area is 127 Å². The van der Waals surface area contributed by atoms with Crippen molar-refractivity contribution in [3.05, 3.63) is 71.4 Å². The molecular formula is C18H12N2O2. The van der Waals surface area contributed by atoms with Crippen molar-refractivity contribution in [3.63, 3.8) is 0 Å². The van der Waals surface area contributed by atoms with Crippen LogP contribution in [0.2, 0.25) is 0 Å². The van der Waals surface area contributed by atoms with Crippen molar-refractivity contribution in [2.45, 2.75) is 6.92 Å². The van der Waals surface area contributed by atoms with Crippen molar-refractivity contribution in [3.8, 4) is 16.9 Å². The minimum atomic E-state index is -0.478. The number of hydrogen-bond donors (Lipinski definition) is 0. The molecule has 22 heavy (non-hydrogen) atoms. The number of para-hydroxylation sites is 1. The van der Waals surface area contributed by atoms with Gasteiger partial charge in [0.1, 0.15) is 0 Å². The fraction of sp³-hybridized carbons (Fsp3) is 0.0556. The number of aromatic nitrogens is 2. The van der Waals surface area contributed by atoms with Crippen LogP contribution >= 0.6 is 0 Å². The number of fused-ring (bicyclic) bond motifs is 3. The van der Waals surface area contributed by atoms with Crippen LogP contribution in [-0.4, -0.2) is 21.3 Å². The quantitative estimate of drug-likeness (QED) is 0.646. The van der Waals surface area contributed by atoms with Crippen molar-refractivity contribution < 1.29 is 9.59 Å². The van der Waals surface area contributed by atoms with E-state index in [1.165, 1.54) is 0 Å². The second-order valence-corrected chi connectivity index (χ2v) is 5.26. The molecule has 4 nitrogen and oxygen atoms in total. The number of ketones is 2. The summed E-state index contributed by atoms with van der Waals surface area (Å²) >= 11 is 0. The molecule has 0 saturated heterocycles. The van der Waals surface area contributed by atoms with Crippen molar-refractivity contribution in [1.29, 1.82) is 0 Å². The molecule has 4 rings (SSSR count). The lowest BCUT2D eigenvalue weighted by atomic mass is 9.87. The fourth-order valence-corrected chi connectivity index (χ4v) is 2.93. The van der Waals surface area contributed by atoms with E-state index in [2.05, 4.69) is 5.10 Å². The number of carbonyl (C=O) groups excluding carboxylic acids is 2. The average molecular weight is 288 g/mol. The Morgan fingerprint density at radius 3 is 2.18 bits per heavy atom. The summed E-state index contributed by atoms with van der Waals surface area (Å²) in [6.45, 7) is 1.76. The number of rotatable bonds is 1. The van der Waals surface area contributed by atoms with E-state index in [0.717, 1.165) is 11.3 Å². The van der Waals surface area contributed by atoms with Gasteiger partial charge in [0, 0.05) is 11.1 Å². The van der Waals surface area contributed by atoms with E-state index in [1.54, 1.807) is 23.7 Å². The normalized spacial score (nSPS) is 13.0. The highest BCUT2D eigenvalue weighted by atomic mass is 16.2. The lowest BCUT2D eigenvalue weighted by Crippen LogP contribution is -2.22. The molecule has 1 heterocycles. The summed E-state index contributed by atoms with van der Waals surface area (Å²) in [5.74, 6) is -0.938. The second-order valence-electron chi connectivity index (χ2n) is 5.26. The largest absolute Gasteiger partial charge is 0.285 e.